The Morgan fingerprint density at radius 2 is 1.56 bits per heavy atom. The molecule has 0 spiro atoms. The van der Waals surface area contributed by atoms with Crippen LogP contribution in [0.25, 0.3) is 0 Å². The van der Waals surface area contributed by atoms with Crippen LogP contribution in [-0.2, 0) is 52.3 Å². The van der Waals surface area contributed by atoms with Gasteiger partial charge in [-0.2, -0.15) is 0 Å². The molecule has 1 aromatic carbocycles. The standard InChI is InChI=1S/C43H50O16/c1-18-25(44)8-10-32(53-18)57-27-9-11-33(54-20(27)3)59-41(5)16-31(46)43(51)35-24(12-13-42(43,50)17-41)37(48)34-23(38(35)49)7-6-22(36(34)47)28-15-29-39(21(4)52-28)58-40-30(56-29)14-26(45)19(2)55-40/h6-7,12-13,18-21,27-30,32-33,39-40,47,50-51H,8-11,14-17H2,1-5H3/t18-,19-,20-,21+,27-,28+,29+,30-,32-,33-,39+,40-,41-,42-,43-/m0/s1. The summed E-state index contributed by atoms with van der Waals surface area (Å²) in [5.74, 6) is -3.19. The van der Waals surface area contributed by atoms with Crippen molar-refractivity contribution in [2.75, 3.05) is 0 Å². The Morgan fingerprint density at radius 3 is 2.31 bits per heavy atom. The van der Waals surface area contributed by atoms with Crippen LogP contribution < -0.4 is 0 Å². The number of carbonyl (C=O) groups is 5. The van der Waals surface area contributed by atoms with E-state index in [1.165, 1.54) is 18.2 Å². The highest BCUT2D eigenvalue weighted by atomic mass is 16.7. The average molecular weight is 823 g/mol. The molecule has 1 saturated carbocycles. The number of hydrogen-bond donors (Lipinski definition) is 3. The predicted molar refractivity (Wildman–Crippen MR) is 199 cm³/mol. The van der Waals surface area contributed by atoms with Gasteiger partial charge in [-0.25, -0.2) is 0 Å². The lowest BCUT2D eigenvalue weighted by atomic mass is 9.57. The lowest BCUT2D eigenvalue weighted by molar-refractivity contribution is -0.347. The van der Waals surface area contributed by atoms with Crippen molar-refractivity contribution < 1.29 is 77.2 Å². The molecule has 5 saturated heterocycles. The lowest BCUT2D eigenvalue weighted by Gasteiger charge is -2.53. The third-order valence-electron chi connectivity index (χ3n) is 13.4. The molecule has 0 radical (unpaired) electrons. The Morgan fingerprint density at radius 1 is 0.797 bits per heavy atom. The van der Waals surface area contributed by atoms with Crippen LogP contribution in [0.15, 0.2) is 35.4 Å². The molecule has 0 unspecified atom stereocenters. The summed E-state index contributed by atoms with van der Waals surface area (Å²) < 4.78 is 48.8. The van der Waals surface area contributed by atoms with Crippen LogP contribution in [0.5, 0.6) is 5.75 Å². The fourth-order valence-electron chi connectivity index (χ4n) is 10.3. The maximum atomic E-state index is 14.4. The molecular weight excluding hydrogens is 772 g/mol. The molecule has 318 valence electrons. The van der Waals surface area contributed by atoms with Gasteiger partial charge in [0.05, 0.1) is 47.3 Å². The zero-order chi connectivity index (χ0) is 41.9. The number of hydrogen-bond acceptors (Lipinski definition) is 16. The number of ketones is 5. The van der Waals surface area contributed by atoms with Gasteiger partial charge in [-0.05, 0) is 53.2 Å². The molecular formula is C43H50O16. The van der Waals surface area contributed by atoms with Crippen molar-refractivity contribution in [3.63, 3.8) is 0 Å². The number of aliphatic hydroxyl groups is 2. The Labute approximate surface area is 340 Å². The van der Waals surface area contributed by atoms with Crippen LogP contribution in [0, 0.1) is 0 Å². The molecule has 3 N–H and O–H groups in total. The normalized spacial score (nSPS) is 44.7. The minimum Gasteiger partial charge on any atom is -0.507 e. The molecule has 3 aliphatic carbocycles. The van der Waals surface area contributed by atoms with Gasteiger partial charge in [0, 0.05) is 61.6 Å². The van der Waals surface area contributed by atoms with E-state index in [1.807, 2.05) is 6.92 Å². The number of carbonyl (C=O) groups excluding carboxylic acids is 5. The Balaban J connectivity index is 0.908. The van der Waals surface area contributed by atoms with E-state index in [0.717, 1.165) is 6.08 Å². The Kier molecular flexibility index (Phi) is 10.1. The van der Waals surface area contributed by atoms with Gasteiger partial charge in [-0.1, -0.05) is 12.1 Å². The SMILES string of the molecule is C[C@@H]1O[C@@H](O[C@H]2CC[C@H](O[C@@]3(C)CC(=O)[C@]4(O)C5=C(C=C[C@]4(O)C3)C(=O)c3c(ccc([C@H]4C[C@H]6O[C@H]7CC(=O)[C@H](C)O[C@H]7O[C@@H]6[C@@H](C)O4)c3O)C5=O)O[C@H]2C)CCC1=O. The first-order chi connectivity index (χ1) is 27.9. The summed E-state index contributed by atoms with van der Waals surface area (Å²) in [4.78, 5) is 67.0. The van der Waals surface area contributed by atoms with E-state index < -0.39 is 120 Å². The predicted octanol–water partition coefficient (Wildman–Crippen LogP) is 2.95. The van der Waals surface area contributed by atoms with E-state index in [0.29, 0.717) is 25.7 Å². The average Bonchev–Trinajstić information content (AvgIpc) is 3.16. The van der Waals surface area contributed by atoms with Crippen LogP contribution in [0.1, 0.15) is 118 Å². The smallest absolute Gasteiger partial charge is 0.198 e. The number of phenols is 1. The number of phenolic OH excluding ortho intramolecular Hbond substituents is 1. The maximum Gasteiger partial charge on any atom is 0.198 e. The molecule has 1 aromatic rings. The van der Waals surface area contributed by atoms with Gasteiger partial charge in [0.2, 0.25) is 0 Å². The van der Waals surface area contributed by atoms with Gasteiger partial charge in [0.1, 0.15) is 35.8 Å². The summed E-state index contributed by atoms with van der Waals surface area (Å²) >= 11 is 0. The van der Waals surface area contributed by atoms with Gasteiger partial charge < -0.3 is 53.2 Å². The minimum atomic E-state index is -2.80. The molecule has 0 aromatic heterocycles. The number of aromatic hydroxyl groups is 1. The molecule has 0 amide bonds. The third kappa shape index (κ3) is 6.62. The van der Waals surface area contributed by atoms with Gasteiger partial charge in [0.25, 0.3) is 0 Å². The van der Waals surface area contributed by atoms with E-state index in [9.17, 15) is 39.3 Å². The first-order valence-electron chi connectivity index (χ1n) is 20.6. The van der Waals surface area contributed by atoms with Gasteiger partial charge in [-0.3, -0.25) is 24.0 Å². The molecule has 16 nitrogen and oxygen atoms in total. The molecule has 6 fully saturated rings. The van der Waals surface area contributed by atoms with E-state index in [1.54, 1.807) is 27.7 Å². The highest BCUT2D eigenvalue weighted by Crippen LogP contribution is 2.53. The lowest BCUT2D eigenvalue weighted by Crippen LogP contribution is -2.69. The second-order valence-corrected chi connectivity index (χ2v) is 17.6. The van der Waals surface area contributed by atoms with E-state index >= 15 is 0 Å². The number of benzene rings is 1. The second kappa shape index (κ2) is 14.5. The Hall–Kier alpha value is -3.55. The largest absolute Gasteiger partial charge is 0.507 e. The van der Waals surface area contributed by atoms with Crippen molar-refractivity contribution in [3.8, 4) is 5.75 Å². The van der Waals surface area contributed by atoms with Crippen molar-refractivity contribution in [3.05, 3.63) is 52.1 Å². The first-order valence-corrected chi connectivity index (χ1v) is 20.6. The molecule has 8 aliphatic rings. The van der Waals surface area contributed by atoms with Crippen LogP contribution >= 0.6 is 0 Å². The van der Waals surface area contributed by atoms with Gasteiger partial charge in [-0.15, -0.1) is 0 Å². The minimum absolute atomic E-state index is 0.0306. The molecule has 15 atom stereocenters. The maximum absolute atomic E-state index is 14.4. The van der Waals surface area contributed by atoms with Crippen molar-refractivity contribution in [2.24, 2.45) is 0 Å². The number of allylic oxidation sites excluding steroid dienone is 2. The van der Waals surface area contributed by atoms with Gasteiger partial charge >= 0.3 is 0 Å². The summed E-state index contributed by atoms with van der Waals surface area (Å²) in [5.41, 5.74) is -7.72. The zero-order valence-corrected chi connectivity index (χ0v) is 33.5. The van der Waals surface area contributed by atoms with Crippen molar-refractivity contribution in [1.82, 2.24) is 0 Å². The zero-order valence-electron chi connectivity index (χ0n) is 33.5. The quantitative estimate of drug-likeness (QED) is 0.389. The number of fused-ring (bicyclic) bond motifs is 5. The summed E-state index contributed by atoms with van der Waals surface area (Å²) in [6.07, 6.45) is -3.32. The Bertz CT molecular complexity index is 2060. The molecule has 16 heteroatoms. The van der Waals surface area contributed by atoms with Crippen molar-refractivity contribution >= 4 is 28.9 Å². The highest BCUT2D eigenvalue weighted by molar-refractivity contribution is 6.32. The number of rotatable bonds is 5. The highest BCUT2D eigenvalue weighted by Gasteiger charge is 2.67. The topological polar surface area (TPSA) is 220 Å². The second-order valence-electron chi connectivity index (χ2n) is 17.6. The van der Waals surface area contributed by atoms with E-state index in [4.69, 9.17) is 37.9 Å². The van der Waals surface area contributed by atoms with Crippen LogP contribution in [0.3, 0.4) is 0 Å². The van der Waals surface area contributed by atoms with E-state index in [2.05, 4.69) is 0 Å². The van der Waals surface area contributed by atoms with E-state index in [-0.39, 0.29) is 59.2 Å². The number of ether oxygens (including phenoxy) is 8. The fourth-order valence-corrected chi connectivity index (χ4v) is 10.3. The fraction of sp³-hybridized carbons (Fsp3) is 0.651. The van der Waals surface area contributed by atoms with Crippen molar-refractivity contribution in [2.45, 2.75) is 177 Å². The molecule has 9 rings (SSSR count). The monoisotopic (exact) mass is 822 g/mol. The molecule has 5 heterocycles. The summed E-state index contributed by atoms with van der Waals surface area (Å²) in [5, 5.41) is 36.1. The summed E-state index contributed by atoms with van der Waals surface area (Å²) in [6, 6.07) is 2.80. The first kappa shape index (κ1) is 40.8. The summed E-state index contributed by atoms with van der Waals surface area (Å²) in [7, 11) is 0. The molecule has 0 bridgehead atoms. The van der Waals surface area contributed by atoms with Crippen LogP contribution in [0.2, 0.25) is 0 Å². The molecule has 59 heavy (non-hydrogen) atoms. The van der Waals surface area contributed by atoms with Crippen molar-refractivity contribution in [1.29, 1.82) is 0 Å². The van der Waals surface area contributed by atoms with Crippen LogP contribution in [0.4, 0.5) is 0 Å². The molecule has 5 aliphatic heterocycles. The third-order valence-corrected chi connectivity index (χ3v) is 13.4. The summed E-state index contributed by atoms with van der Waals surface area (Å²) in [6.45, 7) is 8.59. The number of Topliss-reactive ketones (excluding diaryl/α,β-unsaturated/α-hetero) is 5. The van der Waals surface area contributed by atoms with Gasteiger partial charge in [0.15, 0.2) is 53.4 Å². The van der Waals surface area contributed by atoms with Crippen LogP contribution in [-0.4, -0.2) is 129 Å².